The van der Waals surface area contributed by atoms with Crippen molar-refractivity contribution in [1.82, 2.24) is 14.4 Å². The van der Waals surface area contributed by atoms with Crippen LogP contribution in [0.3, 0.4) is 0 Å². The average Bonchev–Trinajstić information content (AvgIpc) is 3.57. The predicted octanol–water partition coefficient (Wildman–Crippen LogP) is 8.07. The van der Waals surface area contributed by atoms with Gasteiger partial charge in [0.2, 0.25) is 5.91 Å². The zero-order valence-electron chi connectivity index (χ0n) is 27.2. The Morgan fingerprint density at radius 2 is 1.65 bits per heavy atom. The molecule has 1 aliphatic carbocycles. The molecule has 0 fully saturated rings. The lowest BCUT2D eigenvalue weighted by molar-refractivity contribution is -0.137. The fourth-order valence-electron chi connectivity index (χ4n) is 5.87. The zero-order valence-corrected chi connectivity index (χ0v) is 28.0. The summed E-state index contributed by atoms with van der Waals surface area (Å²) in [5.74, 6) is 0.961. The van der Waals surface area contributed by atoms with E-state index in [9.17, 15) is 22.4 Å². The van der Waals surface area contributed by atoms with Gasteiger partial charge in [-0.1, -0.05) is 38.1 Å². The van der Waals surface area contributed by atoms with E-state index in [2.05, 4.69) is 23.3 Å². The van der Waals surface area contributed by atoms with Crippen LogP contribution in [-0.2, 0) is 42.7 Å². The Hall–Kier alpha value is -4.09. The average molecular weight is 681 g/mol. The number of ether oxygens (including phenoxy) is 1. The van der Waals surface area contributed by atoms with Crippen molar-refractivity contribution in [1.29, 1.82) is 5.41 Å². The number of likely N-dealkylation sites (N-methyl/N-ethyl adjacent to an activating group) is 1. The first kappa shape index (κ1) is 35.2. The second kappa shape index (κ2) is 15.9. The highest BCUT2D eigenvalue weighted by atomic mass is 32.2. The molecular weight excluding hydrogens is 640 g/mol. The van der Waals surface area contributed by atoms with Gasteiger partial charge in [0.1, 0.15) is 23.9 Å². The van der Waals surface area contributed by atoms with Crippen molar-refractivity contribution >= 4 is 17.7 Å². The van der Waals surface area contributed by atoms with Crippen LogP contribution in [0.2, 0.25) is 0 Å². The third kappa shape index (κ3) is 9.08. The van der Waals surface area contributed by atoms with Gasteiger partial charge in [-0.3, -0.25) is 4.79 Å². The molecule has 5 rings (SSSR count). The molecule has 254 valence electrons. The van der Waals surface area contributed by atoms with Crippen molar-refractivity contribution in [2.24, 2.45) is 0 Å². The van der Waals surface area contributed by atoms with Crippen LogP contribution in [-0.4, -0.2) is 46.5 Å². The highest BCUT2D eigenvalue weighted by Gasteiger charge is 2.30. The Labute approximate surface area is 282 Å². The number of nitrogens with zero attached hydrogens (tertiary/aromatic N) is 3. The van der Waals surface area contributed by atoms with E-state index in [4.69, 9.17) is 10.1 Å². The van der Waals surface area contributed by atoms with Gasteiger partial charge < -0.3 is 24.5 Å². The van der Waals surface area contributed by atoms with E-state index < -0.39 is 11.7 Å². The van der Waals surface area contributed by atoms with Gasteiger partial charge in [-0.2, -0.15) is 13.2 Å². The molecule has 11 heteroatoms. The molecule has 1 aromatic heterocycles. The minimum atomic E-state index is -4.43. The summed E-state index contributed by atoms with van der Waals surface area (Å²) in [6.45, 7) is 7.52. The number of pyridine rings is 1. The van der Waals surface area contributed by atoms with Crippen LogP contribution in [0.25, 0.3) is 0 Å². The third-order valence-corrected chi connectivity index (χ3v) is 9.70. The molecule has 0 aliphatic heterocycles. The van der Waals surface area contributed by atoms with E-state index in [0.717, 1.165) is 71.9 Å². The number of thioether (sulfide) groups is 1. The van der Waals surface area contributed by atoms with Crippen LogP contribution >= 0.6 is 11.8 Å². The molecule has 48 heavy (non-hydrogen) atoms. The summed E-state index contributed by atoms with van der Waals surface area (Å²) in [5.41, 5.74) is 3.04. The fraction of sp³-hybridized carbons (Fsp3) is 0.351. The van der Waals surface area contributed by atoms with Gasteiger partial charge in [-0.25, -0.2) is 4.39 Å². The number of hydrogen-bond acceptors (Lipinski definition) is 5. The quantitative estimate of drug-likeness (QED) is 0.108. The highest BCUT2D eigenvalue weighted by Crippen LogP contribution is 2.32. The van der Waals surface area contributed by atoms with E-state index in [1.54, 1.807) is 30.3 Å². The van der Waals surface area contributed by atoms with E-state index in [1.165, 1.54) is 36.0 Å². The molecule has 0 saturated carbocycles. The topological polar surface area (TPSA) is 61.6 Å². The monoisotopic (exact) mass is 680 g/mol. The largest absolute Gasteiger partial charge is 0.457 e. The lowest BCUT2D eigenvalue weighted by Gasteiger charge is -2.28. The number of halogens is 4. The fourth-order valence-corrected chi connectivity index (χ4v) is 6.91. The van der Waals surface area contributed by atoms with Crippen molar-refractivity contribution in [3.05, 3.63) is 118 Å². The molecule has 1 aliphatic rings. The minimum Gasteiger partial charge on any atom is -0.457 e. The number of alkyl halides is 3. The lowest BCUT2D eigenvalue weighted by atomic mass is 10.2. The standard InChI is InChI=1S/C37H40F4N4O2S/c1-3-43(4-2)19-20-44(23-27-7-5-8-31(21-27)47-30-17-13-28(14-18-30)37(39,40)41)35(46)24-45-34-10-6-9-32(34)33(42)22-36(45)48-25-26-11-15-29(38)16-12-26/h5,7-8,11-18,21-22,42H,3-4,6,9-10,19-20,23-25H2,1-2H3. The summed E-state index contributed by atoms with van der Waals surface area (Å²) in [6, 6.07) is 20.0. The van der Waals surface area contributed by atoms with Crippen LogP contribution in [0.15, 0.2) is 83.9 Å². The van der Waals surface area contributed by atoms with Gasteiger partial charge in [0, 0.05) is 31.1 Å². The molecule has 1 amide bonds. The Morgan fingerprint density at radius 1 is 0.917 bits per heavy atom. The number of fused-ring (bicyclic) bond motifs is 1. The molecule has 0 radical (unpaired) electrons. The maximum Gasteiger partial charge on any atom is 0.416 e. The van der Waals surface area contributed by atoms with Crippen LogP contribution < -0.4 is 10.1 Å². The van der Waals surface area contributed by atoms with Crippen LogP contribution in [0.1, 0.15) is 48.2 Å². The first-order chi connectivity index (χ1) is 23.0. The molecular formula is C37H40F4N4O2S. The number of rotatable bonds is 14. The summed E-state index contributed by atoms with van der Waals surface area (Å²) in [4.78, 5) is 18.3. The molecule has 0 unspecified atom stereocenters. The maximum atomic E-state index is 14.2. The maximum absolute atomic E-state index is 14.2. The zero-order chi connectivity index (χ0) is 34.3. The number of amides is 1. The van der Waals surface area contributed by atoms with E-state index >= 15 is 0 Å². The molecule has 0 saturated heterocycles. The van der Waals surface area contributed by atoms with Crippen molar-refractivity contribution in [3.8, 4) is 11.5 Å². The first-order valence-electron chi connectivity index (χ1n) is 16.2. The Morgan fingerprint density at radius 3 is 2.33 bits per heavy atom. The normalized spacial score (nSPS) is 12.7. The summed E-state index contributed by atoms with van der Waals surface area (Å²) < 4.78 is 60.5. The van der Waals surface area contributed by atoms with Gasteiger partial charge in [-0.15, -0.1) is 11.8 Å². The summed E-state index contributed by atoms with van der Waals surface area (Å²) in [7, 11) is 0. The Bertz CT molecular complexity index is 1750. The Balaban J connectivity index is 1.37. The number of carbonyl (C=O) groups is 1. The molecule has 6 nitrogen and oxygen atoms in total. The number of benzene rings is 3. The van der Waals surface area contributed by atoms with Crippen molar-refractivity contribution in [3.63, 3.8) is 0 Å². The number of nitrogens with one attached hydrogen (secondary N) is 1. The van der Waals surface area contributed by atoms with Gasteiger partial charge in [0.05, 0.1) is 15.9 Å². The summed E-state index contributed by atoms with van der Waals surface area (Å²) in [6.07, 6.45) is -1.90. The van der Waals surface area contributed by atoms with E-state index in [-0.39, 0.29) is 24.0 Å². The molecule has 0 atom stereocenters. The van der Waals surface area contributed by atoms with E-state index in [1.807, 2.05) is 17.0 Å². The van der Waals surface area contributed by atoms with Gasteiger partial charge >= 0.3 is 6.18 Å². The first-order valence-corrected chi connectivity index (χ1v) is 17.1. The van der Waals surface area contributed by atoms with Crippen molar-refractivity contribution < 1.29 is 27.1 Å². The number of aromatic nitrogens is 1. The highest BCUT2D eigenvalue weighted by molar-refractivity contribution is 7.98. The van der Waals surface area contributed by atoms with Gasteiger partial charge in [0.15, 0.2) is 0 Å². The summed E-state index contributed by atoms with van der Waals surface area (Å²) >= 11 is 1.54. The molecule has 3 aromatic carbocycles. The number of hydrogen-bond donors (Lipinski definition) is 1. The van der Waals surface area contributed by atoms with Crippen LogP contribution in [0.4, 0.5) is 17.6 Å². The number of carbonyl (C=O) groups excluding carboxylic acids is 1. The van der Waals surface area contributed by atoms with Gasteiger partial charge in [-0.05, 0) is 104 Å². The molecule has 1 N–H and O–H groups in total. The third-order valence-electron chi connectivity index (χ3n) is 8.59. The molecule has 0 bridgehead atoms. The van der Waals surface area contributed by atoms with E-state index in [0.29, 0.717) is 36.5 Å². The Kier molecular flexibility index (Phi) is 11.6. The minimum absolute atomic E-state index is 0.0586. The second-order valence-corrected chi connectivity index (χ2v) is 12.8. The van der Waals surface area contributed by atoms with Crippen LogP contribution in [0.5, 0.6) is 11.5 Å². The SMILES string of the molecule is CCN(CC)CCN(Cc1cccc(Oc2ccc(C(F)(F)F)cc2)c1)C(=O)Cn1c(SCc2ccc(F)cc2)cc(=N)c2c1CCC2. The lowest BCUT2D eigenvalue weighted by Crippen LogP contribution is -2.40. The molecule has 0 spiro atoms. The van der Waals surface area contributed by atoms with Gasteiger partial charge in [0.25, 0.3) is 0 Å². The van der Waals surface area contributed by atoms with Crippen molar-refractivity contribution in [2.45, 2.75) is 63.2 Å². The summed E-state index contributed by atoms with van der Waals surface area (Å²) in [5, 5.41) is 9.98. The molecule has 4 aromatic rings. The smallest absolute Gasteiger partial charge is 0.416 e. The molecule has 1 heterocycles. The van der Waals surface area contributed by atoms with Crippen LogP contribution in [0, 0.1) is 11.2 Å². The second-order valence-electron chi connectivity index (χ2n) is 11.8. The predicted molar refractivity (Wildman–Crippen MR) is 179 cm³/mol. The van der Waals surface area contributed by atoms with Crippen molar-refractivity contribution in [2.75, 3.05) is 26.2 Å².